The standard InChI is InChI=1S/C14H18FN3O/c1-9(2)12(16)8-14-17-13(18-19-14)7-10-4-3-5-11(15)6-10/h3-6,9,12H,7-8,16H2,1-2H3. The van der Waals surface area contributed by atoms with Crippen LogP contribution in [-0.2, 0) is 12.8 Å². The van der Waals surface area contributed by atoms with Crippen molar-refractivity contribution in [3.63, 3.8) is 0 Å². The van der Waals surface area contributed by atoms with Gasteiger partial charge >= 0.3 is 0 Å². The average molecular weight is 263 g/mol. The molecule has 2 N–H and O–H groups in total. The first-order valence-corrected chi connectivity index (χ1v) is 6.36. The summed E-state index contributed by atoms with van der Waals surface area (Å²) in [5.41, 5.74) is 6.77. The Morgan fingerprint density at radius 3 is 2.84 bits per heavy atom. The summed E-state index contributed by atoms with van der Waals surface area (Å²) in [6.07, 6.45) is 1.02. The van der Waals surface area contributed by atoms with Crippen molar-refractivity contribution in [1.29, 1.82) is 0 Å². The van der Waals surface area contributed by atoms with Crippen LogP contribution in [0.4, 0.5) is 4.39 Å². The lowest BCUT2D eigenvalue weighted by Gasteiger charge is -2.11. The first-order chi connectivity index (χ1) is 9.04. The molecule has 0 bridgehead atoms. The van der Waals surface area contributed by atoms with Gasteiger partial charge in [-0.15, -0.1) is 0 Å². The molecule has 0 saturated heterocycles. The molecule has 1 aromatic carbocycles. The third-order valence-corrected chi connectivity index (χ3v) is 3.03. The lowest BCUT2D eigenvalue weighted by molar-refractivity contribution is 0.350. The summed E-state index contributed by atoms with van der Waals surface area (Å²) in [6, 6.07) is 6.38. The Morgan fingerprint density at radius 1 is 1.37 bits per heavy atom. The smallest absolute Gasteiger partial charge is 0.228 e. The third-order valence-electron chi connectivity index (χ3n) is 3.03. The predicted octanol–water partition coefficient (Wildman–Crippen LogP) is 2.33. The highest BCUT2D eigenvalue weighted by Gasteiger charge is 2.14. The van der Waals surface area contributed by atoms with Gasteiger partial charge in [-0.1, -0.05) is 31.1 Å². The molecule has 1 heterocycles. The van der Waals surface area contributed by atoms with E-state index < -0.39 is 0 Å². The fraction of sp³-hybridized carbons (Fsp3) is 0.429. The summed E-state index contributed by atoms with van der Waals surface area (Å²) in [7, 11) is 0. The Morgan fingerprint density at radius 2 is 2.16 bits per heavy atom. The summed E-state index contributed by atoms with van der Waals surface area (Å²) in [4.78, 5) is 4.28. The number of benzene rings is 1. The molecule has 0 amide bonds. The number of nitrogens with zero attached hydrogens (tertiary/aromatic N) is 2. The molecule has 19 heavy (non-hydrogen) atoms. The van der Waals surface area contributed by atoms with Crippen LogP contribution >= 0.6 is 0 Å². The molecule has 0 aliphatic rings. The maximum absolute atomic E-state index is 13.1. The van der Waals surface area contributed by atoms with Gasteiger partial charge in [0.2, 0.25) is 5.89 Å². The van der Waals surface area contributed by atoms with Crippen molar-refractivity contribution >= 4 is 0 Å². The molecular weight excluding hydrogens is 245 g/mol. The van der Waals surface area contributed by atoms with Gasteiger partial charge in [-0.3, -0.25) is 0 Å². The fourth-order valence-corrected chi connectivity index (χ4v) is 1.71. The van der Waals surface area contributed by atoms with E-state index in [0.717, 1.165) is 5.56 Å². The van der Waals surface area contributed by atoms with Gasteiger partial charge in [0.15, 0.2) is 5.82 Å². The van der Waals surface area contributed by atoms with Crippen molar-refractivity contribution in [2.45, 2.75) is 32.7 Å². The zero-order valence-electron chi connectivity index (χ0n) is 11.1. The predicted molar refractivity (Wildman–Crippen MR) is 70.0 cm³/mol. The number of hydrogen-bond acceptors (Lipinski definition) is 4. The second kappa shape index (κ2) is 5.93. The van der Waals surface area contributed by atoms with Crippen LogP contribution in [0.5, 0.6) is 0 Å². The third kappa shape index (κ3) is 3.86. The highest BCUT2D eigenvalue weighted by molar-refractivity contribution is 5.19. The number of rotatable bonds is 5. The topological polar surface area (TPSA) is 64.9 Å². The summed E-state index contributed by atoms with van der Waals surface area (Å²) in [5, 5.41) is 3.89. The summed E-state index contributed by atoms with van der Waals surface area (Å²) < 4.78 is 18.2. The Hall–Kier alpha value is -1.75. The first-order valence-electron chi connectivity index (χ1n) is 6.36. The molecule has 0 spiro atoms. The molecule has 0 saturated carbocycles. The van der Waals surface area contributed by atoms with Crippen LogP contribution in [0.3, 0.4) is 0 Å². The number of hydrogen-bond donors (Lipinski definition) is 1. The number of nitrogens with two attached hydrogens (primary N) is 1. The summed E-state index contributed by atoms with van der Waals surface area (Å²) >= 11 is 0. The zero-order valence-corrected chi connectivity index (χ0v) is 11.1. The Labute approximate surface area is 111 Å². The Kier molecular flexibility index (Phi) is 4.27. The van der Waals surface area contributed by atoms with Gasteiger partial charge in [-0.05, 0) is 23.6 Å². The van der Waals surface area contributed by atoms with Crippen molar-refractivity contribution in [1.82, 2.24) is 10.1 Å². The van der Waals surface area contributed by atoms with E-state index in [2.05, 4.69) is 24.0 Å². The molecule has 0 aliphatic carbocycles. The van der Waals surface area contributed by atoms with Crippen LogP contribution in [0.15, 0.2) is 28.8 Å². The highest BCUT2D eigenvalue weighted by Crippen LogP contribution is 2.11. The van der Waals surface area contributed by atoms with Crippen molar-refractivity contribution < 1.29 is 8.91 Å². The minimum absolute atomic E-state index is 0.00229. The molecule has 1 unspecified atom stereocenters. The molecule has 2 rings (SSSR count). The Bertz CT molecular complexity index is 539. The van der Waals surface area contributed by atoms with E-state index in [9.17, 15) is 4.39 Å². The minimum Gasteiger partial charge on any atom is -0.339 e. The van der Waals surface area contributed by atoms with Crippen LogP contribution < -0.4 is 5.73 Å². The van der Waals surface area contributed by atoms with Gasteiger partial charge in [0, 0.05) is 18.9 Å². The molecule has 0 aliphatic heterocycles. The number of halogens is 1. The molecule has 4 nitrogen and oxygen atoms in total. The van der Waals surface area contributed by atoms with Gasteiger partial charge in [0.1, 0.15) is 5.82 Å². The van der Waals surface area contributed by atoms with Crippen molar-refractivity contribution in [2.75, 3.05) is 0 Å². The van der Waals surface area contributed by atoms with Crippen LogP contribution in [0, 0.1) is 11.7 Å². The lowest BCUT2D eigenvalue weighted by Crippen LogP contribution is -2.28. The van der Waals surface area contributed by atoms with Crippen LogP contribution in [0.25, 0.3) is 0 Å². The normalized spacial score (nSPS) is 12.9. The number of aromatic nitrogens is 2. The van der Waals surface area contributed by atoms with Gasteiger partial charge in [0.05, 0.1) is 0 Å². The molecule has 102 valence electrons. The van der Waals surface area contributed by atoms with Crippen LogP contribution in [-0.4, -0.2) is 16.2 Å². The summed E-state index contributed by atoms with van der Waals surface area (Å²) in [6.45, 7) is 4.10. The van der Waals surface area contributed by atoms with Crippen LogP contribution in [0.1, 0.15) is 31.1 Å². The first kappa shape index (κ1) is 13.7. The van der Waals surface area contributed by atoms with E-state index in [1.807, 2.05) is 6.07 Å². The van der Waals surface area contributed by atoms with Crippen molar-refractivity contribution in [2.24, 2.45) is 11.7 Å². The molecule has 1 atom stereocenters. The van der Waals surface area contributed by atoms with E-state index in [-0.39, 0.29) is 11.9 Å². The molecule has 5 heteroatoms. The van der Waals surface area contributed by atoms with E-state index >= 15 is 0 Å². The van der Waals surface area contributed by atoms with Crippen molar-refractivity contribution in [3.8, 4) is 0 Å². The largest absolute Gasteiger partial charge is 0.339 e. The fourth-order valence-electron chi connectivity index (χ4n) is 1.71. The van der Waals surface area contributed by atoms with E-state index in [1.54, 1.807) is 6.07 Å². The lowest BCUT2D eigenvalue weighted by atomic mass is 10.0. The molecular formula is C14H18FN3O. The minimum atomic E-state index is -0.261. The summed E-state index contributed by atoms with van der Waals surface area (Å²) in [5.74, 6) is 1.19. The zero-order chi connectivity index (χ0) is 13.8. The Balaban J connectivity index is 2.01. The average Bonchev–Trinajstić information content (AvgIpc) is 2.76. The molecule has 0 fully saturated rings. The molecule has 0 radical (unpaired) electrons. The quantitative estimate of drug-likeness (QED) is 0.899. The molecule has 2 aromatic rings. The maximum atomic E-state index is 13.1. The van der Waals surface area contributed by atoms with E-state index in [4.69, 9.17) is 10.3 Å². The monoisotopic (exact) mass is 263 g/mol. The second-order valence-electron chi connectivity index (χ2n) is 5.02. The highest BCUT2D eigenvalue weighted by atomic mass is 19.1. The SMILES string of the molecule is CC(C)C(N)Cc1nc(Cc2cccc(F)c2)no1. The van der Waals surface area contributed by atoms with Gasteiger partial charge < -0.3 is 10.3 Å². The molecule has 1 aromatic heterocycles. The maximum Gasteiger partial charge on any atom is 0.228 e. The van der Waals surface area contributed by atoms with E-state index in [1.165, 1.54) is 12.1 Å². The van der Waals surface area contributed by atoms with Gasteiger partial charge in [-0.2, -0.15) is 4.98 Å². The van der Waals surface area contributed by atoms with Gasteiger partial charge in [-0.25, -0.2) is 4.39 Å². The van der Waals surface area contributed by atoms with Gasteiger partial charge in [0.25, 0.3) is 0 Å². The second-order valence-corrected chi connectivity index (χ2v) is 5.02. The van der Waals surface area contributed by atoms with Crippen LogP contribution in [0.2, 0.25) is 0 Å². The van der Waals surface area contributed by atoms with E-state index in [0.29, 0.717) is 30.5 Å². The van der Waals surface area contributed by atoms with Crippen molar-refractivity contribution in [3.05, 3.63) is 47.4 Å².